The molecule has 2 aliphatic carbocycles. The molecule has 0 aromatic heterocycles. The van der Waals surface area contributed by atoms with Gasteiger partial charge >= 0.3 is 6.03 Å². The average molecular weight is 358 g/mol. The second-order valence-corrected chi connectivity index (χ2v) is 8.38. The van der Waals surface area contributed by atoms with Gasteiger partial charge in [-0.2, -0.15) is 0 Å². The maximum absolute atomic E-state index is 12.0. The van der Waals surface area contributed by atoms with E-state index in [4.69, 9.17) is 5.73 Å². The van der Waals surface area contributed by atoms with Crippen LogP contribution >= 0.6 is 0 Å². The first-order valence-electron chi connectivity index (χ1n) is 10.5. The summed E-state index contributed by atoms with van der Waals surface area (Å²) in [5.74, 6) is 0.616. The molecule has 0 aliphatic heterocycles. The average Bonchev–Trinajstić information content (AvgIpc) is 3.04. The predicted molar refractivity (Wildman–Crippen MR) is 107 cm³/mol. The van der Waals surface area contributed by atoms with Crippen LogP contribution in [0, 0.1) is 0 Å². The lowest BCUT2D eigenvalue weighted by Crippen LogP contribution is -2.44. The molecule has 1 saturated carbocycles. The van der Waals surface area contributed by atoms with Gasteiger partial charge in [-0.25, -0.2) is 4.79 Å². The maximum atomic E-state index is 12.0. The third-order valence-corrected chi connectivity index (χ3v) is 6.43. The molecule has 1 aromatic carbocycles. The quantitative estimate of drug-likeness (QED) is 0.673. The summed E-state index contributed by atoms with van der Waals surface area (Å²) in [7, 11) is 0. The minimum Gasteiger partial charge on any atom is -0.338 e. The Morgan fingerprint density at radius 1 is 1.27 bits per heavy atom. The standard InChI is InChI=1S/C22H35N3O/c1-3-5-12-24-21(26)25-20-9-8-16-13-17(6-7-18(16)14-20)19-10-11-22(23,4-2)15-19/h6-7,13,19-20H,3-5,8-12,14-15,23H2,1-2H3,(H2,24,25,26)/t19-,20?,22+/m0/s1. The van der Waals surface area contributed by atoms with Crippen molar-refractivity contribution in [1.29, 1.82) is 0 Å². The molecule has 1 fully saturated rings. The molecular formula is C22H35N3O. The highest BCUT2D eigenvalue weighted by atomic mass is 16.2. The summed E-state index contributed by atoms with van der Waals surface area (Å²) < 4.78 is 0. The molecule has 144 valence electrons. The lowest BCUT2D eigenvalue weighted by molar-refractivity contribution is 0.235. The highest BCUT2D eigenvalue weighted by Gasteiger charge is 2.35. The van der Waals surface area contributed by atoms with Gasteiger partial charge in [0.15, 0.2) is 0 Å². The van der Waals surface area contributed by atoms with E-state index in [1.54, 1.807) is 0 Å². The SMILES string of the molecule is CCCCNC(=O)NC1CCc2cc([C@H]3CC[C@](N)(CC)C3)ccc2C1. The Hall–Kier alpha value is -1.55. The molecule has 1 aromatic rings. The molecule has 4 nitrogen and oxygen atoms in total. The zero-order valence-electron chi connectivity index (χ0n) is 16.4. The van der Waals surface area contributed by atoms with Gasteiger partial charge in [-0.05, 0) is 74.0 Å². The number of carbonyl (C=O) groups excluding carboxylic acids is 1. The topological polar surface area (TPSA) is 67.2 Å². The summed E-state index contributed by atoms with van der Waals surface area (Å²) in [6.07, 6.45) is 9.70. The highest BCUT2D eigenvalue weighted by molar-refractivity contribution is 5.74. The van der Waals surface area contributed by atoms with Crippen LogP contribution < -0.4 is 16.4 Å². The number of nitrogens with one attached hydrogen (secondary N) is 2. The molecule has 4 N–H and O–H groups in total. The van der Waals surface area contributed by atoms with Crippen molar-refractivity contribution in [3.05, 3.63) is 34.9 Å². The number of carbonyl (C=O) groups is 1. The van der Waals surface area contributed by atoms with Crippen LogP contribution in [-0.4, -0.2) is 24.2 Å². The maximum Gasteiger partial charge on any atom is 0.315 e. The summed E-state index contributed by atoms with van der Waals surface area (Å²) in [6, 6.07) is 7.23. The number of aryl methyl sites for hydroxylation is 1. The van der Waals surface area contributed by atoms with Crippen molar-refractivity contribution in [1.82, 2.24) is 10.6 Å². The van der Waals surface area contributed by atoms with E-state index in [9.17, 15) is 4.79 Å². The van der Waals surface area contributed by atoms with E-state index in [1.807, 2.05) is 0 Å². The van der Waals surface area contributed by atoms with Crippen LogP contribution in [-0.2, 0) is 12.8 Å². The third kappa shape index (κ3) is 4.59. The van der Waals surface area contributed by atoms with Crippen LogP contribution in [0.5, 0.6) is 0 Å². The van der Waals surface area contributed by atoms with Crippen LogP contribution in [0.1, 0.15) is 81.4 Å². The highest BCUT2D eigenvalue weighted by Crippen LogP contribution is 2.41. The molecule has 0 bridgehead atoms. The van der Waals surface area contributed by atoms with Gasteiger partial charge in [0, 0.05) is 18.1 Å². The van der Waals surface area contributed by atoms with Gasteiger partial charge in [0.25, 0.3) is 0 Å². The van der Waals surface area contributed by atoms with E-state index in [-0.39, 0.29) is 17.6 Å². The number of hydrogen-bond acceptors (Lipinski definition) is 2. The zero-order chi connectivity index (χ0) is 18.6. The molecule has 2 aliphatic rings. The van der Waals surface area contributed by atoms with Crippen LogP contribution in [0.25, 0.3) is 0 Å². The van der Waals surface area contributed by atoms with E-state index >= 15 is 0 Å². The lowest BCUT2D eigenvalue weighted by Gasteiger charge is -2.27. The van der Waals surface area contributed by atoms with Crippen LogP contribution in [0.4, 0.5) is 4.79 Å². The van der Waals surface area contributed by atoms with Crippen LogP contribution in [0.15, 0.2) is 18.2 Å². The molecular weight excluding hydrogens is 322 g/mol. The van der Waals surface area contributed by atoms with Gasteiger partial charge in [0.2, 0.25) is 0 Å². The fourth-order valence-electron chi connectivity index (χ4n) is 4.53. The number of rotatable bonds is 6. The van der Waals surface area contributed by atoms with Gasteiger partial charge in [-0.15, -0.1) is 0 Å². The second-order valence-electron chi connectivity index (χ2n) is 8.38. The molecule has 0 heterocycles. The van der Waals surface area contributed by atoms with Gasteiger partial charge in [-0.1, -0.05) is 38.5 Å². The molecule has 0 spiro atoms. The molecule has 3 rings (SSSR count). The van der Waals surface area contributed by atoms with Crippen LogP contribution in [0.3, 0.4) is 0 Å². The number of nitrogens with two attached hydrogens (primary N) is 1. The fraction of sp³-hybridized carbons (Fsp3) is 0.682. The predicted octanol–water partition coefficient (Wildman–Crippen LogP) is 4.02. The lowest BCUT2D eigenvalue weighted by atomic mass is 9.84. The van der Waals surface area contributed by atoms with Gasteiger partial charge in [-0.3, -0.25) is 0 Å². The smallest absolute Gasteiger partial charge is 0.315 e. The number of fused-ring (bicyclic) bond motifs is 1. The molecule has 0 radical (unpaired) electrons. The summed E-state index contributed by atoms with van der Waals surface area (Å²) in [5, 5.41) is 6.09. The summed E-state index contributed by atoms with van der Waals surface area (Å²) in [5.41, 5.74) is 10.9. The Morgan fingerprint density at radius 3 is 2.85 bits per heavy atom. The first-order chi connectivity index (χ1) is 12.5. The number of benzene rings is 1. The van der Waals surface area contributed by atoms with Crippen molar-refractivity contribution in [2.24, 2.45) is 5.73 Å². The van der Waals surface area contributed by atoms with E-state index in [2.05, 4.69) is 42.7 Å². The van der Waals surface area contributed by atoms with Gasteiger partial charge < -0.3 is 16.4 Å². The molecule has 1 unspecified atom stereocenters. The molecule has 4 heteroatoms. The van der Waals surface area contributed by atoms with Gasteiger partial charge in [0.05, 0.1) is 0 Å². The van der Waals surface area contributed by atoms with E-state index < -0.39 is 0 Å². The van der Waals surface area contributed by atoms with Crippen molar-refractivity contribution in [3.8, 4) is 0 Å². The second kappa shape index (κ2) is 8.43. The van der Waals surface area contributed by atoms with Crippen molar-refractivity contribution < 1.29 is 4.79 Å². The normalized spacial score (nSPS) is 27.8. The first kappa shape index (κ1) is 19.2. The minimum atomic E-state index is -0.0201. The number of hydrogen-bond donors (Lipinski definition) is 3. The zero-order valence-corrected chi connectivity index (χ0v) is 16.4. The Kier molecular flexibility index (Phi) is 6.23. The Labute approximate surface area is 158 Å². The van der Waals surface area contributed by atoms with Crippen molar-refractivity contribution in [3.63, 3.8) is 0 Å². The van der Waals surface area contributed by atoms with Crippen molar-refractivity contribution in [2.75, 3.05) is 6.54 Å². The van der Waals surface area contributed by atoms with Crippen molar-refractivity contribution in [2.45, 2.75) is 89.1 Å². The third-order valence-electron chi connectivity index (χ3n) is 6.43. The van der Waals surface area contributed by atoms with E-state index in [0.717, 1.165) is 57.9 Å². The summed E-state index contributed by atoms with van der Waals surface area (Å²) >= 11 is 0. The molecule has 3 atom stereocenters. The Balaban J connectivity index is 1.57. The summed E-state index contributed by atoms with van der Waals surface area (Å²) in [4.78, 5) is 12.0. The number of urea groups is 1. The Bertz CT molecular complexity index is 630. The molecule has 0 saturated heterocycles. The van der Waals surface area contributed by atoms with Crippen LogP contribution in [0.2, 0.25) is 0 Å². The van der Waals surface area contributed by atoms with E-state index in [0.29, 0.717) is 5.92 Å². The number of unbranched alkanes of at least 4 members (excludes halogenated alkanes) is 1. The fourth-order valence-corrected chi connectivity index (χ4v) is 4.53. The van der Waals surface area contributed by atoms with E-state index in [1.165, 1.54) is 23.1 Å². The van der Waals surface area contributed by atoms with Gasteiger partial charge in [0.1, 0.15) is 0 Å². The minimum absolute atomic E-state index is 0.0201. The Morgan fingerprint density at radius 2 is 2.12 bits per heavy atom. The molecule has 26 heavy (non-hydrogen) atoms. The first-order valence-corrected chi connectivity index (χ1v) is 10.5. The van der Waals surface area contributed by atoms with Crippen molar-refractivity contribution >= 4 is 6.03 Å². The summed E-state index contributed by atoms with van der Waals surface area (Å²) in [6.45, 7) is 5.10. The number of amides is 2. The largest absolute Gasteiger partial charge is 0.338 e. The monoisotopic (exact) mass is 357 g/mol. The molecule has 2 amide bonds.